The van der Waals surface area contributed by atoms with Gasteiger partial charge in [-0.2, -0.15) is 0 Å². The Labute approximate surface area is 124 Å². The van der Waals surface area contributed by atoms with Gasteiger partial charge in [-0.25, -0.2) is 18.7 Å². The average molecular weight is 302 g/mol. The van der Waals surface area contributed by atoms with Crippen molar-refractivity contribution in [2.24, 2.45) is 0 Å². The molecule has 3 rings (SSSR count). The van der Waals surface area contributed by atoms with Crippen LogP contribution in [0.5, 0.6) is 0 Å². The largest absolute Gasteiger partial charge is 0.341 e. The van der Waals surface area contributed by atoms with E-state index < -0.39 is 11.6 Å². The van der Waals surface area contributed by atoms with Crippen LogP contribution in [0, 0.1) is 11.6 Å². The number of hydrogen-bond acceptors (Lipinski definition) is 3. The van der Waals surface area contributed by atoms with E-state index in [1.165, 1.54) is 6.07 Å². The Hall–Kier alpha value is -2.83. The van der Waals surface area contributed by atoms with E-state index in [1.54, 1.807) is 12.3 Å². The van der Waals surface area contributed by atoms with Crippen molar-refractivity contribution >= 4 is 22.8 Å². The molecule has 2 N–H and O–H groups in total. The maximum atomic E-state index is 13.1. The van der Waals surface area contributed by atoms with E-state index in [0.29, 0.717) is 17.9 Å². The number of rotatable bonds is 4. The highest BCUT2D eigenvalue weighted by Gasteiger charge is 2.09. The fraction of sp³-hybridized carbons (Fsp3) is 0.133. The lowest BCUT2D eigenvalue weighted by Gasteiger charge is -2.04. The summed E-state index contributed by atoms with van der Waals surface area (Å²) in [5.74, 6) is -1.61. The quantitative estimate of drug-likeness (QED) is 0.778. The number of aryl methyl sites for hydroxylation is 1. The molecule has 0 unspecified atom stereocenters. The van der Waals surface area contributed by atoms with E-state index in [9.17, 15) is 13.6 Å². The molecule has 5 nitrogen and oxygen atoms in total. The van der Waals surface area contributed by atoms with Gasteiger partial charge in [0.1, 0.15) is 5.82 Å². The molecular weight excluding hydrogens is 290 g/mol. The van der Waals surface area contributed by atoms with Crippen molar-refractivity contribution in [1.82, 2.24) is 15.0 Å². The molecule has 0 aliphatic heterocycles. The number of aromatic nitrogens is 3. The summed E-state index contributed by atoms with van der Waals surface area (Å²) >= 11 is 0. The summed E-state index contributed by atoms with van der Waals surface area (Å²) in [4.78, 5) is 23.2. The van der Waals surface area contributed by atoms with Gasteiger partial charge in [0.2, 0.25) is 5.91 Å². The number of benzene rings is 1. The first-order valence-corrected chi connectivity index (χ1v) is 6.66. The van der Waals surface area contributed by atoms with Gasteiger partial charge < -0.3 is 10.3 Å². The van der Waals surface area contributed by atoms with Crippen LogP contribution >= 0.6 is 0 Å². The molecule has 0 spiro atoms. The molecule has 0 aliphatic rings. The number of fused-ring (bicyclic) bond motifs is 1. The Morgan fingerprint density at radius 1 is 1.23 bits per heavy atom. The van der Waals surface area contributed by atoms with Crippen molar-refractivity contribution in [2.75, 3.05) is 5.32 Å². The molecule has 22 heavy (non-hydrogen) atoms. The molecule has 3 aromatic rings. The van der Waals surface area contributed by atoms with Crippen molar-refractivity contribution in [3.63, 3.8) is 0 Å². The van der Waals surface area contributed by atoms with Gasteiger partial charge >= 0.3 is 0 Å². The lowest BCUT2D eigenvalue weighted by Crippen LogP contribution is -2.13. The Morgan fingerprint density at radius 2 is 2.09 bits per heavy atom. The fourth-order valence-electron chi connectivity index (χ4n) is 2.04. The Kier molecular flexibility index (Phi) is 3.78. The number of imidazole rings is 1. The zero-order valence-electron chi connectivity index (χ0n) is 11.4. The number of carbonyl (C=O) groups is 1. The van der Waals surface area contributed by atoms with E-state index >= 15 is 0 Å². The molecule has 1 amide bonds. The lowest BCUT2D eigenvalue weighted by atomic mass is 10.2. The van der Waals surface area contributed by atoms with Crippen molar-refractivity contribution in [2.45, 2.75) is 12.8 Å². The summed E-state index contributed by atoms with van der Waals surface area (Å²) in [5, 5.41) is 2.51. The molecule has 0 bridgehead atoms. The molecule has 112 valence electrons. The maximum absolute atomic E-state index is 13.1. The van der Waals surface area contributed by atoms with Gasteiger partial charge in [0, 0.05) is 30.8 Å². The van der Waals surface area contributed by atoms with Crippen LogP contribution < -0.4 is 5.32 Å². The SMILES string of the molecule is O=C(CCc1nc2ncccc2[nH]1)Nc1ccc(F)c(F)c1. The molecule has 0 atom stereocenters. The predicted molar refractivity (Wildman–Crippen MR) is 77.2 cm³/mol. The number of H-pyrrole nitrogens is 1. The van der Waals surface area contributed by atoms with Crippen molar-refractivity contribution in [3.8, 4) is 0 Å². The number of nitrogens with zero attached hydrogens (tertiary/aromatic N) is 2. The molecule has 0 saturated heterocycles. The second-order valence-corrected chi connectivity index (χ2v) is 4.74. The van der Waals surface area contributed by atoms with Crippen LogP contribution in [0.1, 0.15) is 12.2 Å². The van der Waals surface area contributed by atoms with Crippen molar-refractivity contribution < 1.29 is 13.6 Å². The highest BCUT2D eigenvalue weighted by atomic mass is 19.2. The molecule has 0 saturated carbocycles. The van der Waals surface area contributed by atoms with Crippen LogP contribution in [-0.2, 0) is 11.2 Å². The molecule has 2 aromatic heterocycles. The summed E-state index contributed by atoms with van der Waals surface area (Å²) in [5.41, 5.74) is 1.62. The summed E-state index contributed by atoms with van der Waals surface area (Å²) in [6.45, 7) is 0. The lowest BCUT2D eigenvalue weighted by molar-refractivity contribution is -0.116. The summed E-state index contributed by atoms with van der Waals surface area (Å²) in [6.07, 6.45) is 2.20. The first-order chi connectivity index (χ1) is 10.6. The van der Waals surface area contributed by atoms with Gasteiger partial charge in [-0.1, -0.05) is 0 Å². The smallest absolute Gasteiger partial charge is 0.224 e. The number of nitrogens with one attached hydrogen (secondary N) is 2. The van der Waals surface area contributed by atoms with Crippen molar-refractivity contribution in [1.29, 1.82) is 0 Å². The Bertz CT molecular complexity index is 798. The highest BCUT2D eigenvalue weighted by Crippen LogP contribution is 2.14. The Morgan fingerprint density at radius 3 is 2.86 bits per heavy atom. The number of carbonyl (C=O) groups excluding carboxylic acids is 1. The highest BCUT2D eigenvalue weighted by molar-refractivity contribution is 5.90. The second-order valence-electron chi connectivity index (χ2n) is 4.74. The minimum absolute atomic E-state index is 0.165. The summed E-state index contributed by atoms with van der Waals surface area (Å²) in [6, 6.07) is 6.86. The van der Waals surface area contributed by atoms with Gasteiger partial charge in [-0.15, -0.1) is 0 Å². The van der Waals surface area contributed by atoms with Gasteiger partial charge in [0.05, 0.1) is 5.52 Å². The third kappa shape index (κ3) is 3.08. The number of anilines is 1. The van der Waals surface area contributed by atoms with E-state index in [4.69, 9.17) is 0 Å². The topological polar surface area (TPSA) is 70.7 Å². The molecular formula is C15H12F2N4O. The summed E-state index contributed by atoms with van der Waals surface area (Å²) < 4.78 is 25.9. The summed E-state index contributed by atoms with van der Waals surface area (Å²) in [7, 11) is 0. The molecule has 0 radical (unpaired) electrons. The molecule has 7 heteroatoms. The number of hydrogen-bond donors (Lipinski definition) is 2. The first-order valence-electron chi connectivity index (χ1n) is 6.66. The van der Waals surface area contributed by atoms with Crippen LogP contribution in [0.15, 0.2) is 36.5 Å². The molecule has 1 aromatic carbocycles. The first kappa shape index (κ1) is 14.1. The fourth-order valence-corrected chi connectivity index (χ4v) is 2.04. The zero-order valence-corrected chi connectivity index (χ0v) is 11.4. The van der Waals surface area contributed by atoms with E-state index in [2.05, 4.69) is 20.3 Å². The van der Waals surface area contributed by atoms with Gasteiger partial charge in [0.15, 0.2) is 17.3 Å². The van der Waals surface area contributed by atoms with Gasteiger partial charge in [-0.05, 0) is 24.3 Å². The van der Waals surface area contributed by atoms with Gasteiger partial charge in [0.25, 0.3) is 0 Å². The molecule has 2 heterocycles. The Balaban J connectivity index is 1.60. The standard InChI is InChI=1S/C15H12F2N4O/c16-10-4-3-9(8-11(10)17)19-14(22)6-5-13-20-12-2-1-7-18-15(12)21-13/h1-4,7-8H,5-6H2,(H,19,22)(H,18,20,21). The van der Waals surface area contributed by atoms with Crippen LogP contribution in [-0.4, -0.2) is 20.9 Å². The zero-order chi connectivity index (χ0) is 15.5. The molecule has 0 fully saturated rings. The third-order valence-corrected chi connectivity index (χ3v) is 3.10. The van der Waals surface area contributed by atoms with Crippen molar-refractivity contribution in [3.05, 3.63) is 54.0 Å². The second kappa shape index (κ2) is 5.88. The minimum atomic E-state index is -0.999. The van der Waals surface area contributed by atoms with Crippen LogP contribution in [0.2, 0.25) is 0 Å². The number of pyridine rings is 1. The minimum Gasteiger partial charge on any atom is -0.341 e. The van der Waals surface area contributed by atoms with Crippen LogP contribution in [0.3, 0.4) is 0 Å². The van der Waals surface area contributed by atoms with Crippen LogP contribution in [0.4, 0.5) is 14.5 Å². The van der Waals surface area contributed by atoms with E-state index in [1.807, 2.05) is 6.07 Å². The van der Waals surface area contributed by atoms with E-state index in [-0.39, 0.29) is 18.0 Å². The maximum Gasteiger partial charge on any atom is 0.224 e. The molecule has 0 aliphatic carbocycles. The number of aromatic amines is 1. The predicted octanol–water partition coefficient (Wildman–Crippen LogP) is 2.81. The number of amides is 1. The number of halogens is 2. The van der Waals surface area contributed by atoms with E-state index in [0.717, 1.165) is 17.6 Å². The van der Waals surface area contributed by atoms with Crippen LogP contribution in [0.25, 0.3) is 11.2 Å². The third-order valence-electron chi connectivity index (χ3n) is 3.10. The normalized spacial score (nSPS) is 10.8. The van der Waals surface area contributed by atoms with Gasteiger partial charge in [-0.3, -0.25) is 4.79 Å². The monoisotopic (exact) mass is 302 g/mol. The average Bonchev–Trinajstić information content (AvgIpc) is 2.92.